The first-order chi connectivity index (χ1) is 9.63. The number of phenols is 1. The van der Waals surface area contributed by atoms with Crippen LogP contribution >= 0.6 is 0 Å². The lowest BCUT2D eigenvalue weighted by Crippen LogP contribution is -2.22. The molecule has 1 saturated heterocycles. The van der Waals surface area contributed by atoms with Gasteiger partial charge in [0.25, 0.3) is 0 Å². The van der Waals surface area contributed by atoms with E-state index < -0.39 is 0 Å². The van der Waals surface area contributed by atoms with Gasteiger partial charge in [-0.3, -0.25) is 4.79 Å². The lowest BCUT2D eigenvalue weighted by molar-refractivity contribution is -0.114. The molecule has 2 heterocycles. The Labute approximate surface area is 116 Å². The zero-order valence-electron chi connectivity index (χ0n) is 11.2. The summed E-state index contributed by atoms with van der Waals surface area (Å²) in [5.74, 6) is 0.519. The number of aromatic hydroxyl groups is 1. The van der Waals surface area contributed by atoms with Crippen molar-refractivity contribution in [2.24, 2.45) is 0 Å². The molecule has 2 aliphatic rings. The SMILES string of the molecule is CC(=O)Nc1c(O)ccc2c1CC(CC1OCCO1)O2. The first-order valence-corrected chi connectivity index (χ1v) is 6.66. The van der Waals surface area contributed by atoms with Gasteiger partial charge >= 0.3 is 0 Å². The largest absolute Gasteiger partial charge is 0.506 e. The minimum Gasteiger partial charge on any atom is -0.506 e. The van der Waals surface area contributed by atoms with E-state index in [0.29, 0.717) is 37.5 Å². The van der Waals surface area contributed by atoms with E-state index in [9.17, 15) is 9.90 Å². The summed E-state index contributed by atoms with van der Waals surface area (Å²) in [7, 11) is 0. The fourth-order valence-electron chi connectivity index (χ4n) is 2.58. The Bertz CT molecular complexity index is 525. The van der Waals surface area contributed by atoms with Gasteiger partial charge in [0.05, 0.1) is 18.9 Å². The fraction of sp³-hybridized carbons (Fsp3) is 0.500. The Kier molecular flexibility index (Phi) is 3.50. The molecule has 2 aliphatic heterocycles. The van der Waals surface area contributed by atoms with Gasteiger partial charge in [-0.05, 0) is 12.1 Å². The van der Waals surface area contributed by atoms with Crippen LogP contribution in [0.1, 0.15) is 18.9 Å². The van der Waals surface area contributed by atoms with Crippen LogP contribution in [0.2, 0.25) is 0 Å². The first kappa shape index (κ1) is 13.2. The molecule has 1 amide bonds. The Morgan fingerprint density at radius 3 is 2.85 bits per heavy atom. The van der Waals surface area contributed by atoms with Crippen LogP contribution in [0.3, 0.4) is 0 Å². The van der Waals surface area contributed by atoms with Gasteiger partial charge in [0.1, 0.15) is 17.6 Å². The average molecular weight is 279 g/mol. The number of hydrogen-bond donors (Lipinski definition) is 2. The van der Waals surface area contributed by atoms with E-state index >= 15 is 0 Å². The maximum Gasteiger partial charge on any atom is 0.221 e. The van der Waals surface area contributed by atoms with E-state index in [1.807, 2.05) is 0 Å². The molecule has 0 aromatic heterocycles. The summed E-state index contributed by atoms with van der Waals surface area (Å²) in [5.41, 5.74) is 1.26. The van der Waals surface area contributed by atoms with Gasteiger partial charge in [-0.15, -0.1) is 0 Å². The quantitative estimate of drug-likeness (QED) is 0.818. The molecule has 1 aromatic carbocycles. The lowest BCUT2D eigenvalue weighted by Gasteiger charge is -2.14. The molecule has 0 aliphatic carbocycles. The van der Waals surface area contributed by atoms with Crippen molar-refractivity contribution in [3.05, 3.63) is 17.7 Å². The number of benzene rings is 1. The highest BCUT2D eigenvalue weighted by Gasteiger charge is 2.31. The molecule has 3 rings (SSSR count). The van der Waals surface area contributed by atoms with E-state index in [0.717, 1.165) is 5.56 Å². The Hall–Kier alpha value is -1.79. The standard InChI is InChI=1S/C14H17NO5/c1-8(16)15-14-10-6-9(7-13-18-4-5-19-13)20-12(10)3-2-11(14)17/h2-3,9,13,17H,4-7H2,1H3,(H,15,16). The zero-order chi connectivity index (χ0) is 14.1. The number of rotatable bonds is 3. The van der Waals surface area contributed by atoms with E-state index in [1.54, 1.807) is 6.07 Å². The van der Waals surface area contributed by atoms with Crippen LogP contribution in [-0.4, -0.2) is 36.6 Å². The van der Waals surface area contributed by atoms with Crippen molar-refractivity contribution >= 4 is 11.6 Å². The number of nitrogens with one attached hydrogen (secondary N) is 1. The summed E-state index contributed by atoms with van der Waals surface area (Å²) in [4.78, 5) is 11.2. The maximum absolute atomic E-state index is 11.2. The second-order valence-corrected chi connectivity index (χ2v) is 4.97. The smallest absolute Gasteiger partial charge is 0.221 e. The Balaban J connectivity index is 1.76. The minimum absolute atomic E-state index is 0.0524. The van der Waals surface area contributed by atoms with Crippen LogP contribution in [-0.2, 0) is 20.7 Å². The molecule has 1 fully saturated rings. The molecule has 0 spiro atoms. The van der Waals surface area contributed by atoms with Crippen molar-refractivity contribution in [1.29, 1.82) is 0 Å². The van der Waals surface area contributed by atoms with E-state index in [1.165, 1.54) is 13.0 Å². The van der Waals surface area contributed by atoms with E-state index in [-0.39, 0.29) is 24.1 Å². The summed E-state index contributed by atoms with van der Waals surface area (Å²) in [6.07, 6.45) is 0.951. The highest BCUT2D eigenvalue weighted by Crippen LogP contribution is 2.41. The summed E-state index contributed by atoms with van der Waals surface area (Å²) in [6, 6.07) is 3.24. The van der Waals surface area contributed by atoms with Crippen molar-refractivity contribution in [1.82, 2.24) is 0 Å². The first-order valence-electron chi connectivity index (χ1n) is 6.66. The molecule has 1 unspecified atom stereocenters. The van der Waals surface area contributed by atoms with Crippen molar-refractivity contribution in [2.45, 2.75) is 32.2 Å². The number of amides is 1. The van der Waals surface area contributed by atoms with Gasteiger partial charge in [-0.1, -0.05) is 0 Å². The molecule has 0 saturated carbocycles. The second kappa shape index (κ2) is 5.30. The van der Waals surface area contributed by atoms with E-state index in [4.69, 9.17) is 14.2 Å². The van der Waals surface area contributed by atoms with Crippen LogP contribution < -0.4 is 10.1 Å². The number of fused-ring (bicyclic) bond motifs is 1. The van der Waals surface area contributed by atoms with Crippen LogP contribution in [0.15, 0.2) is 12.1 Å². The van der Waals surface area contributed by atoms with Crippen LogP contribution in [0.4, 0.5) is 5.69 Å². The summed E-state index contributed by atoms with van der Waals surface area (Å²) >= 11 is 0. The Morgan fingerprint density at radius 2 is 2.15 bits per heavy atom. The predicted molar refractivity (Wildman–Crippen MR) is 70.8 cm³/mol. The van der Waals surface area contributed by atoms with Gasteiger partial charge in [0, 0.05) is 25.3 Å². The molecule has 6 heteroatoms. The number of hydrogen-bond acceptors (Lipinski definition) is 5. The molecule has 0 radical (unpaired) electrons. The monoisotopic (exact) mass is 279 g/mol. The molecule has 1 aromatic rings. The third-order valence-corrected chi connectivity index (χ3v) is 3.42. The van der Waals surface area contributed by atoms with Crippen molar-refractivity contribution in [3.8, 4) is 11.5 Å². The predicted octanol–water partition coefficient (Wildman–Crippen LogP) is 1.42. The normalized spacial score (nSPS) is 21.6. The number of ether oxygens (including phenoxy) is 3. The molecular weight excluding hydrogens is 262 g/mol. The fourth-order valence-corrected chi connectivity index (χ4v) is 2.58. The third kappa shape index (κ3) is 2.57. The summed E-state index contributed by atoms with van der Waals surface area (Å²) in [5, 5.41) is 12.5. The third-order valence-electron chi connectivity index (χ3n) is 3.42. The molecule has 0 bridgehead atoms. The van der Waals surface area contributed by atoms with Crippen molar-refractivity contribution < 1.29 is 24.1 Å². The van der Waals surface area contributed by atoms with Gasteiger partial charge < -0.3 is 24.6 Å². The molecule has 108 valence electrons. The van der Waals surface area contributed by atoms with Crippen LogP contribution in [0.25, 0.3) is 0 Å². The van der Waals surface area contributed by atoms with E-state index in [2.05, 4.69) is 5.32 Å². The van der Waals surface area contributed by atoms with Gasteiger partial charge in [-0.2, -0.15) is 0 Å². The number of anilines is 1. The van der Waals surface area contributed by atoms with Crippen LogP contribution in [0.5, 0.6) is 11.5 Å². The van der Waals surface area contributed by atoms with Gasteiger partial charge in [0.15, 0.2) is 6.29 Å². The lowest BCUT2D eigenvalue weighted by atomic mass is 10.0. The van der Waals surface area contributed by atoms with Crippen LogP contribution in [0, 0.1) is 0 Å². The zero-order valence-corrected chi connectivity index (χ0v) is 11.2. The molecule has 2 N–H and O–H groups in total. The van der Waals surface area contributed by atoms with Gasteiger partial charge in [-0.25, -0.2) is 0 Å². The summed E-state index contributed by atoms with van der Waals surface area (Å²) in [6.45, 7) is 2.64. The summed E-state index contributed by atoms with van der Waals surface area (Å²) < 4.78 is 16.6. The second-order valence-electron chi connectivity index (χ2n) is 4.97. The molecule has 20 heavy (non-hydrogen) atoms. The highest BCUT2D eigenvalue weighted by molar-refractivity contribution is 5.92. The number of phenolic OH excluding ortho intramolecular Hbond substituents is 1. The highest BCUT2D eigenvalue weighted by atomic mass is 16.7. The number of carbonyl (C=O) groups is 1. The molecular formula is C14H17NO5. The average Bonchev–Trinajstić information content (AvgIpc) is 3.02. The minimum atomic E-state index is -0.230. The molecule has 1 atom stereocenters. The Morgan fingerprint density at radius 1 is 1.40 bits per heavy atom. The molecule has 6 nitrogen and oxygen atoms in total. The van der Waals surface area contributed by atoms with Crippen molar-refractivity contribution in [2.75, 3.05) is 18.5 Å². The number of carbonyl (C=O) groups excluding carboxylic acids is 1. The maximum atomic E-state index is 11.2. The topological polar surface area (TPSA) is 77.0 Å². The van der Waals surface area contributed by atoms with Gasteiger partial charge in [0.2, 0.25) is 5.91 Å². The van der Waals surface area contributed by atoms with Crippen molar-refractivity contribution in [3.63, 3.8) is 0 Å².